The van der Waals surface area contributed by atoms with Crippen LogP contribution in [0.25, 0.3) is 5.69 Å². The Morgan fingerprint density at radius 1 is 1.19 bits per heavy atom. The highest BCUT2D eigenvalue weighted by atomic mass is 35.5. The van der Waals surface area contributed by atoms with Crippen LogP contribution in [-0.4, -0.2) is 38.9 Å². The Morgan fingerprint density at radius 2 is 1.97 bits per heavy atom. The SMILES string of the molecule is Cc1ccc(-n2cnnc2SCC(=O)NCc2ccc(N3CCCC3=O)cc2)cc1Cl. The lowest BCUT2D eigenvalue weighted by Crippen LogP contribution is -2.25. The van der Waals surface area contributed by atoms with Crippen molar-refractivity contribution in [1.82, 2.24) is 20.1 Å². The van der Waals surface area contributed by atoms with Crippen molar-refractivity contribution in [2.24, 2.45) is 0 Å². The minimum absolute atomic E-state index is 0.0970. The lowest BCUT2D eigenvalue weighted by molar-refractivity contribution is -0.119. The lowest BCUT2D eigenvalue weighted by atomic mass is 10.2. The van der Waals surface area contributed by atoms with Crippen molar-refractivity contribution in [3.63, 3.8) is 0 Å². The van der Waals surface area contributed by atoms with E-state index in [0.29, 0.717) is 23.1 Å². The lowest BCUT2D eigenvalue weighted by Gasteiger charge is -2.16. The zero-order valence-electron chi connectivity index (χ0n) is 17.0. The van der Waals surface area contributed by atoms with Gasteiger partial charge >= 0.3 is 0 Å². The van der Waals surface area contributed by atoms with Crippen molar-refractivity contribution in [3.8, 4) is 5.69 Å². The highest BCUT2D eigenvalue weighted by Crippen LogP contribution is 2.24. The third-order valence-corrected chi connectivity index (χ3v) is 6.44. The van der Waals surface area contributed by atoms with E-state index in [1.54, 1.807) is 11.2 Å². The van der Waals surface area contributed by atoms with Gasteiger partial charge in [-0.1, -0.05) is 41.6 Å². The van der Waals surface area contributed by atoms with Gasteiger partial charge in [0.25, 0.3) is 0 Å². The Bertz CT molecular complexity index is 1100. The summed E-state index contributed by atoms with van der Waals surface area (Å²) in [5.74, 6) is 0.290. The molecular formula is C22H22ClN5O2S. The number of amides is 2. The summed E-state index contributed by atoms with van der Waals surface area (Å²) in [6, 6.07) is 13.4. The molecule has 1 fully saturated rings. The number of hydrogen-bond acceptors (Lipinski definition) is 5. The first kappa shape index (κ1) is 21.4. The Balaban J connectivity index is 1.30. The molecule has 7 nitrogen and oxygen atoms in total. The van der Waals surface area contributed by atoms with Crippen LogP contribution >= 0.6 is 23.4 Å². The number of halogens is 1. The minimum atomic E-state index is -0.0970. The molecule has 0 atom stereocenters. The van der Waals surface area contributed by atoms with Crippen molar-refractivity contribution in [3.05, 3.63) is 64.9 Å². The monoisotopic (exact) mass is 455 g/mol. The van der Waals surface area contributed by atoms with Crippen LogP contribution in [0.15, 0.2) is 53.9 Å². The molecule has 1 N–H and O–H groups in total. The second-order valence-electron chi connectivity index (χ2n) is 7.30. The molecule has 0 spiro atoms. The molecule has 0 aliphatic carbocycles. The molecule has 0 unspecified atom stereocenters. The number of nitrogens with zero attached hydrogens (tertiary/aromatic N) is 4. The van der Waals surface area contributed by atoms with Gasteiger partial charge in [0, 0.05) is 30.2 Å². The molecular weight excluding hydrogens is 434 g/mol. The van der Waals surface area contributed by atoms with Gasteiger partial charge in [-0.3, -0.25) is 14.2 Å². The number of benzene rings is 2. The Kier molecular flexibility index (Phi) is 6.58. The Labute approximate surface area is 189 Å². The van der Waals surface area contributed by atoms with Gasteiger partial charge in [0.1, 0.15) is 6.33 Å². The molecule has 2 heterocycles. The first-order chi connectivity index (χ1) is 15.0. The fourth-order valence-electron chi connectivity index (χ4n) is 3.33. The third-order valence-electron chi connectivity index (χ3n) is 5.09. The molecule has 31 heavy (non-hydrogen) atoms. The van der Waals surface area contributed by atoms with Crippen LogP contribution < -0.4 is 10.2 Å². The second-order valence-corrected chi connectivity index (χ2v) is 8.65. The number of nitrogens with one attached hydrogen (secondary N) is 1. The van der Waals surface area contributed by atoms with Crippen LogP contribution in [0.2, 0.25) is 5.02 Å². The van der Waals surface area contributed by atoms with E-state index in [9.17, 15) is 9.59 Å². The number of hydrogen-bond donors (Lipinski definition) is 1. The van der Waals surface area contributed by atoms with Gasteiger partial charge in [0.15, 0.2) is 5.16 Å². The summed E-state index contributed by atoms with van der Waals surface area (Å²) in [5, 5.41) is 12.3. The molecule has 0 bridgehead atoms. The summed E-state index contributed by atoms with van der Waals surface area (Å²) in [7, 11) is 0. The van der Waals surface area contributed by atoms with Gasteiger partial charge in [-0.25, -0.2) is 0 Å². The molecule has 1 aliphatic heterocycles. The van der Waals surface area contributed by atoms with E-state index in [1.807, 2.05) is 54.0 Å². The number of carbonyl (C=O) groups is 2. The van der Waals surface area contributed by atoms with Crippen molar-refractivity contribution < 1.29 is 9.59 Å². The van der Waals surface area contributed by atoms with Crippen LogP contribution in [0.4, 0.5) is 5.69 Å². The fourth-order valence-corrected chi connectivity index (χ4v) is 4.26. The maximum atomic E-state index is 12.3. The first-order valence-corrected chi connectivity index (χ1v) is 11.3. The van der Waals surface area contributed by atoms with Gasteiger partial charge < -0.3 is 10.2 Å². The number of aromatic nitrogens is 3. The predicted octanol–water partition coefficient (Wildman–Crippen LogP) is 3.76. The van der Waals surface area contributed by atoms with Crippen LogP contribution in [-0.2, 0) is 16.1 Å². The van der Waals surface area contributed by atoms with Crippen molar-refractivity contribution in [1.29, 1.82) is 0 Å². The summed E-state index contributed by atoms with van der Waals surface area (Å²) < 4.78 is 1.81. The summed E-state index contributed by atoms with van der Waals surface area (Å²) in [4.78, 5) is 26.0. The summed E-state index contributed by atoms with van der Waals surface area (Å²) in [6.07, 6.45) is 3.12. The van der Waals surface area contributed by atoms with E-state index in [2.05, 4.69) is 15.5 Å². The molecule has 1 saturated heterocycles. The highest BCUT2D eigenvalue weighted by molar-refractivity contribution is 7.99. The summed E-state index contributed by atoms with van der Waals surface area (Å²) in [5.41, 5.74) is 3.72. The van der Waals surface area contributed by atoms with Crippen LogP contribution in [0, 0.1) is 6.92 Å². The molecule has 1 aliphatic rings. The molecule has 4 rings (SSSR count). The molecule has 9 heteroatoms. The number of anilines is 1. The van der Waals surface area contributed by atoms with Crippen molar-refractivity contribution in [2.45, 2.75) is 31.5 Å². The van der Waals surface area contributed by atoms with E-state index < -0.39 is 0 Å². The molecule has 2 aromatic carbocycles. The number of aryl methyl sites for hydroxylation is 1. The standard InChI is InChI=1S/C22H22ClN5O2S/c1-15-4-7-18(11-19(15)23)28-14-25-26-22(28)31-13-20(29)24-12-16-5-8-17(9-6-16)27-10-2-3-21(27)30/h4-9,11,14H,2-3,10,12-13H2,1H3,(H,24,29). The van der Waals surface area contributed by atoms with Crippen molar-refractivity contribution >= 4 is 40.9 Å². The highest BCUT2D eigenvalue weighted by Gasteiger charge is 2.21. The van der Waals surface area contributed by atoms with Gasteiger partial charge in [0.05, 0.1) is 11.4 Å². The number of carbonyl (C=O) groups excluding carboxylic acids is 2. The fraction of sp³-hybridized carbons (Fsp3) is 0.273. The second kappa shape index (κ2) is 9.53. The topological polar surface area (TPSA) is 80.1 Å². The Hall–Kier alpha value is -2.84. The molecule has 2 amide bonds. The average molecular weight is 456 g/mol. The minimum Gasteiger partial charge on any atom is -0.351 e. The zero-order valence-corrected chi connectivity index (χ0v) is 18.6. The molecule has 0 radical (unpaired) electrons. The van der Waals surface area contributed by atoms with Gasteiger partial charge in [-0.15, -0.1) is 10.2 Å². The quantitative estimate of drug-likeness (QED) is 0.548. The maximum absolute atomic E-state index is 12.3. The van der Waals surface area contributed by atoms with E-state index in [-0.39, 0.29) is 17.6 Å². The average Bonchev–Trinajstić information content (AvgIpc) is 3.42. The molecule has 3 aromatic rings. The summed E-state index contributed by atoms with van der Waals surface area (Å²) in [6.45, 7) is 3.14. The van der Waals surface area contributed by atoms with Crippen LogP contribution in [0.5, 0.6) is 0 Å². The molecule has 160 valence electrons. The first-order valence-electron chi connectivity index (χ1n) is 9.96. The maximum Gasteiger partial charge on any atom is 0.230 e. The number of rotatable bonds is 7. The molecule has 0 saturated carbocycles. The Morgan fingerprint density at radius 3 is 2.68 bits per heavy atom. The largest absolute Gasteiger partial charge is 0.351 e. The van der Waals surface area contributed by atoms with Gasteiger partial charge in [-0.05, 0) is 48.7 Å². The van der Waals surface area contributed by atoms with E-state index in [0.717, 1.165) is 35.5 Å². The van der Waals surface area contributed by atoms with E-state index in [4.69, 9.17) is 11.6 Å². The van der Waals surface area contributed by atoms with Crippen LogP contribution in [0.1, 0.15) is 24.0 Å². The zero-order chi connectivity index (χ0) is 21.8. The summed E-state index contributed by atoms with van der Waals surface area (Å²) >= 11 is 7.53. The predicted molar refractivity (Wildman–Crippen MR) is 122 cm³/mol. The van der Waals surface area contributed by atoms with E-state index in [1.165, 1.54) is 11.8 Å². The van der Waals surface area contributed by atoms with Gasteiger partial charge in [-0.2, -0.15) is 0 Å². The van der Waals surface area contributed by atoms with Crippen LogP contribution in [0.3, 0.4) is 0 Å². The number of thioether (sulfide) groups is 1. The normalized spacial score (nSPS) is 13.6. The van der Waals surface area contributed by atoms with Gasteiger partial charge in [0.2, 0.25) is 11.8 Å². The third kappa shape index (κ3) is 5.08. The van der Waals surface area contributed by atoms with E-state index >= 15 is 0 Å². The van der Waals surface area contributed by atoms with Crippen molar-refractivity contribution in [2.75, 3.05) is 17.2 Å². The molecule has 1 aromatic heterocycles. The smallest absolute Gasteiger partial charge is 0.230 e.